The van der Waals surface area contributed by atoms with E-state index in [1.165, 1.54) is 6.92 Å². The SMILES string of the molecule is CC(C)CNC(=O)[C@]1(C)Oc2ccc(Cl)cc2NC1=O. The van der Waals surface area contributed by atoms with Crippen LogP contribution in [0, 0.1) is 5.92 Å². The smallest absolute Gasteiger partial charge is 0.278 e. The van der Waals surface area contributed by atoms with Crippen molar-refractivity contribution in [1.29, 1.82) is 0 Å². The van der Waals surface area contributed by atoms with E-state index in [9.17, 15) is 9.59 Å². The van der Waals surface area contributed by atoms with Crippen LogP contribution in [0.4, 0.5) is 5.69 Å². The highest BCUT2D eigenvalue weighted by Gasteiger charge is 2.47. The minimum atomic E-state index is -1.57. The average molecular weight is 297 g/mol. The summed E-state index contributed by atoms with van der Waals surface area (Å²) >= 11 is 5.86. The van der Waals surface area contributed by atoms with Gasteiger partial charge in [-0.2, -0.15) is 0 Å². The number of carbonyl (C=O) groups is 2. The molecule has 1 heterocycles. The van der Waals surface area contributed by atoms with Crippen molar-refractivity contribution in [1.82, 2.24) is 5.32 Å². The number of rotatable bonds is 3. The van der Waals surface area contributed by atoms with Crippen molar-refractivity contribution in [2.45, 2.75) is 26.4 Å². The van der Waals surface area contributed by atoms with Gasteiger partial charge in [0, 0.05) is 11.6 Å². The highest BCUT2D eigenvalue weighted by molar-refractivity contribution is 6.31. The Balaban J connectivity index is 2.23. The maximum atomic E-state index is 12.2. The Kier molecular flexibility index (Phi) is 3.90. The highest BCUT2D eigenvalue weighted by atomic mass is 35.5. The number of benzene rings is 1. The molecule has 1 aliphatic rings. The van der Waals surface area contributed by atoms with Crippen molar-refractivity contribution in [3.8, 4) is 5.75 Å². The van der Waals surface area contributed by atoms with Gasteiger partial charge >= 0.3 is 0 Å². The number of nitrogens with one attached hydrogen (secondary N) is 2. The first-order valence-electron chi connectivity index (χ1n) is 6.41. The number of carbonyl (C=O) groups excluding carboxylic acids is 2. The van der Waals surface area contributed by atoms with Gasteiger partial charge in [-0.25, -0.2) is 0 Å². The van der Waals surface area contributed by atoms with Crippen LogP contribution < -0.4 is 15.4 Å². The van der Waals surface area contributed by atoms with Gasteiger partial charge in [0.2, 0.25) is 0 Å². The lowest BCUT2D eigenvalue weighted by molar-refractivity contribution is -0.146. The summed E-state index contributed by atoms with van der Waals surface area (Å²) in [4.78, 5) is 24.3. The van der Waals surface area contributed by atoms with Crippen molar-refractivity contribution in [2.75, 3.05) is 11.9 Å². The predicted octanol–water partition coefficient (Wildman–Crippen LogP) is 2.20. The molecule has 6 heteroatoms. The summed E-state index contributed by atoms with van der Waals surface area (Å²) in [6, 6.07) is 4.86. The van der Waals surface area contributed by atoms with Crippen LogP contribution in [0.1, 0.15) is 20.8 Å². The van der Waals surface area contributed by atoms with E-state index >= 15 is 0 Å². The Morgan fingerprint density at radius 2 is 2.20 bits per heavy atom. The highest BCUT2D eigenvalue weighted by Crippen LogP contribution is 2.35. The zero-order chi connectivity index (χ0) is 14.9. The molecule has 0 saturated heterocycles. The van der Waals surface area contributed by atoms with Crippen LogP contribution in [0.2, 0.25) is 5.02 Å². The number of amides is 2. The van der Waals surface area contributed by atoms with Gasteiger partial charge in [-0.1, -0.05) is 25.4 Å². The fraction of sp³-hybridized carbons (Fsp3) is 0.429. The van der Waals surface area contributed by atoms with Crippen LogP contribution in [0.25, 0.3) is 0 Å². The molecule has 20 heavy (non-hydrogen) atoms. The van der Waals surface area contributed by atoms with E-state index in [4.69, 9.17) is 16.3 Å². The molecule has 2 N–H and O–H groups in total. The Hall–Kier alpha value is -1.75. The molecule has 2 rings (SSSR count). The van der Waals surface area contributed by atoms with E-state index in [1.807, 2.05) is 13.8 Å². The van der Waals surface area contributed by atoms with Crippen molar-refractivity contribution in [3.63, 3.8) is 0 Å². The van der Waals surface area contributed by atoms with E-state index in [0.29, 0.717) is 28.9 Å². The molecule has 0 spiro atoms. The Morgan fingerprint density at radius 1 is 1.50 bits per heavy atom. The summed E-state index contributed by atoms with van der Waals surface area (Å²) in [5.41, 5.74) is -1.10. The normalized spacial score (nSPS) is 20.9. The molecule has 0 unspecified atom stereocenters. The number of hydrogen-bond acceptors (Lipinski definition) is 3. The molecule has 0 bridgehead atoms. The van der Waals surface area contributed by atoms with Crippen molar-refractivity contribution in [3.05, 3.63) is 23.2 Å². The van der Waals surface area contributed by atoms with Crippen LogP contribution >= 0.6 is 11.6 Å². The third-order valence-corrected chi connectivity index (χ3v) is 3.28. The fourth-order valence-corrected chi connectivity index (χ4v) is 1.98. The number of halogens is 1. The molecule has 2 amide bonds. The minimum absolute atomic E-state index is 0.292. The van der Waals surface area contributed by atoms with Gasteiger partial charge in [-0.05, 0) is 31.0 Å². The van der Waals surface area contributed by atoms with Crippen molar-refractivity contribution < 1.29 is 14.3 Å². The van der Waals surface area contributed by atoms with E-state index < -0.39 is 17.4 Å². The zero-order valence-corrected chi connectivity index (χ0v) is 12.4. The Morgan fingerprint density at radius 3 is 2.85 bits per heavy atom. The van der Waals surface area contributed by atoms with E-state index in [-0.39, 0.29) is 0 Å². The second-order valence-corrected chi connectivity index (χ2v) is 5.77. The van der Waals surface area contributed by atoms with E-state index in [2.05, 4.69) is 10.6 Å². The third kappa shape index (κ3) is 2.72. The quantitative estimate of drug-likeness (QED) is 0.840. The predicted molar refractivity (Wildman–Crippen MR) is 77.0 cm³/mol. The molecule has 0 fully saturated rings. The second kappa shape index (κ2) is 5.32. The lowest BCUT2D eigenvalue weighted by atomic mass is 10.0. The van der Waals surface area contributed by atoms with Crippen LogP contribution in [-0.4, -0.2) is 24.0 Å². The molecule has 108 valence electrons. The standard InChI is InChI=1S/C14H17ClN2O3/c1-8(2)7-16-12(18)14(3)13(19)17-10-6-9(15)4-5-11(10)20-14/h4-6,8H,7H2,1-3H3,(H,16,18)(H,17,19)/t14-/m0/s1. The van der Waals surface area contributed by atoms with Gasteiger partial charge in [-0.3, -0.25) is 9.59 Å². The lowest BCUT2D eigenvalue weighted by Gasteiger charge is -2.33. The molecule has 0 radical (unpaired) electrons. The third-order valence-electron chi connectivity index (χ3n) is 3.04. The van der Waals surface area contributed by atoms with E-state index in [0.717, 1.165) is 0 Å². The van der Waals surface area contributed by atoms with Gasteiger partial charge in [0.15, 0.2) is 0 Å². The molecule has 0 aromatic heterocycles. The lowest BCUT2D eigenvalue weighted by Crippen LogP contribution is -2.59. The summed E-state index contributed by atoms with van der Waals surface area (Å²) in [6.07, 6.45) is 0. The molecular formula is C14H17ClN2O3. The average Bonchev–Trinajstić information content (AvgIpc) is 2.37. The van der Waals surface area contributed by atoms with Crippen LogP contribution in [0.5, 0.6) is 5.75 Å². The number of ether oxygens (including phenoxy) is 1. The second-order valence-electron chi connectivity index (χ2n) is 5.33. The van der Waals surface area contributed by atoms with Gasteiger partial charge < -0.3 is 15.4 Å². The molecule has 1 aromatic carbocycles. The van der Waals surface area contributed by atoms with Gasteiger partial charge in [-0.15, -0.1) is 0 Å². The molecular weight excluding hydrogens is 280 g/mol. The minimum Gasteiger partial charge on any atom is -0.466 e. The van der Waals surface area contributed by atoms with Crippen molar-refractivity contribution in [2.24, 2.45) is 5.92 Å². The monoisotopic (exact) mass is 296 g/mol. The Labute approximate surface area is 122 Å². The number of hydrogen-bond donors (Lipinski definition) is 2. The largest absolute Gasteiger partial charge is 0.466 e. The summed E-state index contributed by atoms with van der Waals surface area (Å²) < 4.78 is 5.60. The first kappa shape index (κ1) is 14.7. The van der Waals surface area contributed by atoms with Crippen molar-refractivity contribution >= 4 is 29.1 Å². The fourth-order valence-electron chi connectivity index (χ4n) is 1.81. The number of anilines is 1. The first-order chi connectivity index (χ1) is 9.33. The molecule has 1 atom stereocenters. The first-order valence-corrected chi connectivity index (χ1v) is 6.79. The number of fused-ring (bicyclic) bond motifs is 1. The maximum absolute atomic E-state index is 12.2. The Bertz CT molecular complexity index is 559. The summed E-state index contributed by atoms with van der Waals surface area (Å²) in [6.45, 7) is 5.89. The van der Waals surface area contributed by atoms with E-state index in [1.54, 1.807) is 18.2 Å². The molecule has 5 nitrogen and oxygen atoms in total. The molecule has 1 aromatic rings. The van der Waals surface area contributed by atoms with Gasteiger partial charge in [0.05, 0.1) is 5.69 Å². The van der Waals surface area contributed by atoms with Crippen LogP contribution in [0.15, 0.2) is 18.2 Å². The summed E-state index contributed by atoms with van der Waals surface area (Å²) in [5.74, 6) is -0.241. The molecule has 1 aliphatic heterocycles. The van der Waals surface area contributed by atoms with Crippen LogP contribution in [0.3, 0.4) is 0 Å². The maximum Gasteiger partial charge on any atom is 0.278 e. The topological polar surface area (TPSA) is 67.4 Å². The molecule has 0 saturated carbocycles. The zero-order valence-electron chi connectivity index (χ0n) is 11.6. The summed E-state index contributed by atoms with van der Waals surface area (Å²) in [5, 5.41) is 5.85. The van der Waals surface area contributed by atoms with Gasteiger partial charge in [0.1, 0.15) is 5.75 Å². The molecule has 0 aliphatic carbocycles. The summed E-state index contributed by atoms with van der Waals surface area (Å²) in [7, 11) is 0. The van der Waals surface area contributed by atoms with Gasteiger partial charge in [0.25, 0.3) is 17.4 Å². The van der Waals surface area contributed by atoms with Crippen LogP contribution in [-0.2, 0) is 9.59 Å².